The van der Waals surface area contributed by atoms with E-state index in [2.05, 4.69) is 24.8 Å². The van der Waals surface area contributed by atoms with Gasteiger partial charge in [-0.05, 0) is 20.3 Å². The predicted octanol–water partition coefficient (Wildman–Crippen LogP) is 2.00. The molecule has 0 spiro atoms. The lowest BCUT2D eigenvalue weighted by atomic mass is 10.3. The van der Waals surface area contributed by atoms with E-state index in [1.165, 1.54) is 0 Å². The lowest BCUT2D eigenvalue weighted by Gasteiger charge is -2.01. The molecule has 0 aliphatic rings. The summed E-state index contributed by atoms with van der Waals surface area (Å²) in [5.41, 5.74) is 0.819. The Hall–Kier alpha value is -1.62. The van der Waals surface area contributed by atoms with Gasteiger partial charge >= 0.3 is 11.9 Å². The third-order valence-corrected chi connectivity index (χ3v) is 1.75. The number of hydrogen-bond acceptors (Lipinski definition) is 5. The van der Waals surface area contributed by atoms with Crippen LogP contribution in [0.1, 0.15) is 33.6 Å². The van der Waals surface area contributed by atoms with E-state index in [9.17, 15) is 9.59 Å². The quantitative estimate of drug-likeness (QED) is 0.436. The van der Waals surface area contributed by atoms with Crippen molar-refractivity contribution in [1.82, 2.24) is 0 Å². The second-order valence-electron chi connectivity index (χ2n) is 3.91. The van der Waals surface area contributed by atoms with E-state index in [4.69, 9.17) is 9.84 Å². The number of carbonyl (C=O) groups excluding carboxylic acids is 2. The maximum atomic E-state index is 10.7. The van der Waals surface area contributed by atoms with Gasteiger partial charge in [-0.3, -0.25) is 0 Å². The number of aliphatic hydroxyl groups excluding tert-OH is 1. The summed E-state index contributed by atoms with van der Waals surface area (Å²) in [4.78, 5) is 21.2. The van der Waals surface area contributed by atoms with Gasteiger partial charge in [0.05, 0.1) is 13.2 Å². The molecule has 0 aromatic carbocycles. The molecule has 19 heavy (non-hydrogen) atoms. The first-order chi connectivity index (χ1) is 8.86. The summed E-state index contributed by atoms with van der Waals surface area (Å²) in [5, 5.41) is 8.19. The second kappa shape index (κ2) is 12.8. The molecule has 0 fully saturated rings. The van der Waals surface area contributed by atoms with Crippen molar-refractivity contribution in [3.63, 3.8) is 0 Å². The highest BCUT2D eigenvalue weighted by Gasteiger charge is 2.00. The number of hydrogen-bond donors (Lipinski definition) is 1. The number of unbranched alkanes of at least 4 members (excludes halogenated alkanes) is 1. The first kappa shape index (κ1) is 19.7. The number of aliphatic hydroxyl groups is 1. The van der Waals surface area contributed by atoms with Crippen LogP contribution in [0.25, 0.3) is 0 Å². The van der Waals surface area contributed by atoms with Gasteiger partial charge in [0.1, 0.15) is 6.61 Å². The first-order valence-electron chi connectivity index (χ1n) is 6.12. The summed E-state index contributed by atoms with van der Waals surface area (Å²) in [6.45, 7) is 12.5. The summed E-state index contributed by atoms with van der Waals surface area (Å²) in [6, 6.07) is 0. The van der Waals surface area contributed by atoms with Gasteiger partial charge in [0, 0.05) is 11.1 Å². The van der Waals surface area contributed by atoms with Crippen molar-refractivity contribution < 1.29 is 24.2 Å². The van der Waals surface area contributed by atoms with Crippen LogP contribution in [0.5, 0.6) is 0 Å². The Morgan fingerprint density at radius 3 is 1.74 bits per heavy atom. The van der Waals surface area contributed by atoms with Crippen LogP contribution in [0.3, 0.4) is 0 Å². The summed E-state index contributed by atoms with van der Waals surface area (Å²) < 4.78 is 9.27. The zero-order chi connectivity index (χ0) is 15.3. The van der Waals surface area contributed by atoms with Crippen LogP contribution in [0, 0.1) is 0 Å². The molecular weight excluding hydrogens is 248 g/mol. The van der Waals surface area contributed by atoms with Crippen molar-refractivity contribution in [2.24, 2.45) is 0 Å². The molecule has 0 aliphatic carbocycles. The largest absolute Gasteiger partial charge is 0.462 e. The molecule has 0 saturated heterocycles. The molecule has 0 atom stereocenters. The molecule has 0 rings (SSSR count). The van der Waals surface area contributed by atoms with Gasteiger partial charge in [-0.2, -0.15) is 0 Å². The minimum atomic E-state index is -0.455. The molecule has 0 saturated carbocycles. The van der Waals surface area contributed by atoms with Gasteiger partial charge < -0.3 is 14.6 Å². The van der Waals surface area contributed by atoms with Crippen molar-refractivity contribution in [3.05, 3.63) is 24.3 Å². The zero-order valence-electron chi connectivity index (χ0n) is 12.0. The molecular formula is C14H24O5. The fraction of sp³-hybridized carbons (Fsp3) is 0.571. The molecule has 0 radical (unpaired) electrons. The Bertz CT molecular complexity index is 307. The summed E-state index contributed by atoms with van der Waals surface area (Å²) in [6.07, 6.45) is 1.97. The monoisotopic (exact) mass is 272 g/mol. The molecule has 5 heteroatoms. The van der Waals surface area contributed by atoms with Gasteiger partial charge in [-0.1, -0.05) is 26.5 Å². The van der Waals surface area contributed by atoms with Crippen molar-refractivity contribution in [3.8, 4) is 0 Å². The van der Waals surface area contributed by atoms with Gasteiger partial charge in [0.2, 0.25) is 0 Å². The Labute approximate surface area is 114 Å². The van der Waals surface area contributed by atoms with E-state index in [1.807, 2.05) is 0 Å². The molecule has 0 heterocycles. The zero-order valence-corrected chi connectivity index (χ0v) is 12.0. The lowest BCUT2D eigenvalue weighted by Crippen LogP contribution is -2.08. The maximum Gasteiger partial charge on any atom is 0.333 e. The van der Waals surface area contributed by atoms with Gasteiger partial charge in [-0.15, -0.1) is 0 Å². The van der Waals surface area contributed by atoms with Crippen molar-refractivity contribution in [2.45, 2.75) is 33.6 Å². The van der Waals surface area contributed by atoms with Crippen LogP contribution in [0.2, 0.25) is 0 Å². The third kappa shape index (κ3) is 14.3. The van der Waals surface area contributed by atoms with Crippen molar-refractivity contribution in [1.29, 1.82) is 0 Å². The fourth-order valence-corrected chi connectivity index (χ4v) is 0.694. The van der Waals surface area contributed by atoms with Crippen LogP contribution < -0.4 is 0 Å². The molecule has 0 aromatic rings. The SMILES string of the molecule is C=C(C)C(=O)OCCCC.C=C(C)C(=O)OCCO. The summed E-state index contributed by atoms with van der Waals surface area (Å²) >= 11 is 0. The number of rotatable bonds is 7. The smallest absolute Gasteiger partial charge is 0.333 e. The molecule has 0 aromatic heterocycles. The molecule has 1 N–H and O–H groups in total. The normalized spacial score (nSPS) is 8.84. The van der Waals surface area contributed by atoms with E-state index in [0.717, 1.165) is 12.8 Å². The Morgan fingerprint density at radius 1 is 1.00 bits per heavy atom. The first-order valence-corrected chi connectivity index (χ1v) is 6.12. The second-order valence-corrected chi connectivity index (χ2v) is 3.91. The Kier molecular flexibility index (Phi) is 13.3. The molecule has 0 aliphatic heterocycles. The Morgan fingerprint density at radius 2 is 1.42 bits per heavy atom. The molecule has 110 valence electrons. The van der Waals surface area contributed by atoms with E-state index in [0.29, 0.717) is 17.8 Å². The van der Waals surface area contributed by atoms with E-state index in [-0.39, 0.29) is 19.2 Å². The standard InChI is InChI=1S/C8H14O2.C6H10O3/c1-4-5-6-10-8(9)7(2)3;1-5(2)6(8)9-4-3-7/h2,4-6H2,1,3H3;7H,1,3-4H2,2H3. The van der Waals surface area contributed by atoms with E-state index >= 15 is 0 Å². The van der Waals surface area contributed by atoms with Crippen LogP contribution in [0.15, 0.2) is 24.3 Å². The minimum Gasteiger partial charge on any atom is -0.462 e. The van der Waals surface area contributed by atoms with Gasteiger partial charge in [-0.25, -0.2) is 9.59 Å². The molecule has 0 amide bonds. The highest BCUT2D eigenvalue weighted by molar-refractivity contribution is 5.87. The Balaban J connectivity index is 0. The fourth-order valence-electron chi connectivity index (χ4n) is 0.694. The third-order valence-electron chi connectivity index (χ3n) is 1.75. The predicted molar refractivity (Wildman–Crippen MR) is 73.5 cm³/mol. The summed E-state index contributed by atoms with van der Waals surface area (Å²) in [7, 11) is 0. The van der Waals surface area contributed by atoms with E-state index < -0.39 is 5.97 Å². The van der Waals surface area contributed by atoms with Crippen LogP contribution in [0.4, 0.5) is 0 Å². The van der Waals surface area contributed by atoms with Gasteiger partial charge in [0.15, 0.2) is 0 Å². The van der Waals surface area contributed by atoms with Crippen LogP contribution in [-0.4, -0.2) is 36.9 Å². The van der Waals surface area contributed by atoms with Crippen LogP contribution in [-0.2, 0) is 19.1 Å². The minimum absolute atomic E-state index is 0.0473. The molecule has 0 unspecified atom stereocenters. The van der Waals surface area contributed by atoms with E-state index in [1.54, 1.807) is 13.8 Å². The highest BCUT2D eigenvalue weighted by Crippen LogP contribution is 1.94. The number of ether oxygens (including phenoxy) is 2. The molecule has 0 bridgehead atoms. The average molecular weight is 272 g/mol. The topological polar surface area (TPSA) is 72.8 Å². The summed E-state index contributed by atoms with van der Waals surface area (Å²) in [5.74, 6) is -0.738. The lowest BCUT2D eigenvalue weighted by molar-refractivity contribution is -0.140. The molecule has 5 nitrogen and oxygen atoms in total. The number of esters is 2. The average Bonchev–Trinajstić information content (AvgIpc) is 2.36. The van der Waals surface area contributed by atoms with Crippen LogP contribution >= 0.6 is 0 Å². The number of carbonyl (C=O) groups is 2. The maximum absolute atomic E-state index is 10.7. The van der Waals surface area contributed by atoms with Crippen molar-refractivity contribution >= 4 is 11.9 Å². The van der Waals surface area contributed by atoms with Crippen molar-refractivity contribution in [2.75, 3.05) is 19.8 Å². The highest BCUT2D eigenvalue weighted by atomic mass is 16.5. The van der Waals surface area contributed by atoms with Gasteiger partial charge in [0.25, 0.3) is 0 Å².